The predicted molar refractivity (Wildman–Crippen MR) is 66.7 cm³/mol. The monoisotopic (exact) mass is 230 g/mol. The van der Waals surface area contributed by atoms with Gasteiger partial charge >= 0.3 is 0 Å². The third kappa shape index (κ3) is 2.90. The predicted octanol–water partition coefficient (Wildman–Crippen LogP) is 2.10. The van der Waals surface area contributed by atoms with Crippen molar-refractivity contribution in [3.05, 3.63) is 41.2 Å². The van der Waals surface area contributed by atoms with Gasteiger partial charge in [0, 0.05) is 6.42 Å². The fourth-order valence-electron chi connectivity index (χ4n) is 1.72. The van der Waals surface area contributed by atoms with Crippen molar-refractivity contribution in [2.24, 2.45) is 7.05 Å². The normalized spacial score (nSPS) is 11.8. The number of rotatable bonds is 2. The summed E-state index contributed by atoms with van der Waals surface area (Å²) in [6, 6.07) is 8.57. The number of aromatic nitrogens is 4. The summed E-state index contributed by atoms with van der Waals surface area (Å²) in [5.41, 5.74) is 2.73. The fourth-order valence-corrected chi connectivity index (χ4v) is 1.72. The van der Waals surface area contributed by atoms with E-state index in [0.717, 1.165) is 12.2 Å². The first-order valence-electron chi connectivity index (χ1n) is 5.77. The molecule has 0 saturated heterocycles. The number of benzene rings is 1. The molecule has 0 amide bonds. The Bertz CT molecular complexity index is 508. The number of aryl methyl sites for hydroxylation is 1. The minimum atomic E-state index is 0.172. The SMILES string of the molecule is Cn1nnc(Cc2cccc(C(C)(C)C)c2)n1. The zero-order chi connectivity index (χ0) is 12.5. The van der Waals surface area contributed by atoms with Gasteiger partial charge in [-0.15, -0.1) is 10.2 Å². The van der Waals surface area contributed by atoms with E-state index < -0.39 is 0 Å². The highest BCUT2D eigenvalue weighted by Gasteiger charge is 2.14. The van der Waals surface area contributed by atoms with Crippen LogP contribution in [0.3, 0.4) is 0 Å². The minimum absolute atomic E-state index is 0.172. The number of hydrogen-bond acceptors (Lipinski definition) is 3. The molecule has 2 aromatic rings. The lowest BCUT2D eigenvalue weighted by Crippen LogP contribution is -2.11. The van der Waals surface area contributed by atoms with Gasteiger partial charge in [0.15, 0.2) is 5.82 Å². The van der Waals surface area contributed by atoms with E-state index in [9.17, 15) is 0 Å². The van der Waals surface area contributed by atoms with E-state index in [-0.39, 0.29) is 5.41 Å². The Balaban J connectivity index is 2.22. The molecule has 0 bridgehead atoms. The molecule has 4 nitrogen and oxygen atoms in total. The Morgan fingerprint density at radius 2 is 2.00 bits per heavy atom. The number of tetrazole rings is 1. The highest BCUT2D eigenvalue weighted by molar-refractivity contribution is 5.29. The summed E-state index contributed by atoms with van der Waals surface area (Å²) < 4.78 is 0. The van der Waals surface area contributed by atoms with Crippen LogP contribution in [0.25, 0.3) is 0 Å². The lowest BCUT2D eigenvalue weighted by atomic mass is 9.86. The second-order valence-electron chi connectivity index (χ2n) is 5.32. The average molecular weight is 230 g/mol. The molecule has 0 spiro atoms. The number of nitrogens with zero attached hydrogens (tertiary/aromatic N) is 4. The highest BCUT2D eigenvalue weighted by Crippen LogP contribution is 2.23. The second kappa shape index (κ2) is 4.28. The standard InChI is InChI=1S/C13H18N4/c1-13(2,3)11-7-5-6-10(8-11)9-12-14-16-17(4)15-12/h5-8H,9H2,1-4H3. The molecule has 0 unspecified atom stereocenters. The topological polar surface area (TPSA) is 43.6 Å². The highest BCUT2D eigenvalue weighted by atomic mass is 15.6. The van der Waals surface area contributed by atoms with Crippen molar-refractivity contribution in [3.63, 3.8) is 0 Å². The lowest BCUT2D eigenvalue weighted by molar-refractivity contribution is 0.589. The summed E-state index contributed by atoms with van der Waals surface area (Å²) in [6.45, 7) is 6.64. The summed E-state index contributed by atoms with van der Waals surface area (Å²) in [7, 11) is 1.78. The molecule has 0 aliphatic carbocycles. The molecular formula is C13H18N4. The van der Waals surface area contributed by atoms with Crippen LogP contribution < -0.4 is 0 Å². The molecule has 0 saturated carbocycles. The molecule has 0 radical (unpaired) electrons. The van der Waals surface area contributed by atoms with Crippen molar-refractivity contribution >= 4 is 0 Å². The lowest BCUT2D eigenvalue weighted by Gasteiger charge is -2.19. The van der Waals surface area contributed by atoms with E-state index in [0.29, 0.717) is 0 Å². The maximum absolute atomic E-state index is 4.19. The minimum Gasteiger partial charge on any atom is -0.167 e. The second-order valence-corrected chi connectivity index (χ2v) is 5.32. The van der Waals surface area contributed by atoms with Crippen molar-refractivity contribution in [1.82, 2.24) is 20.2 Å². The molecular weight excluding hydrogens is 212 g/mol. The molecule has 1 aromatic carbocycles. The first-order valence-corrected chi connectivity index (χ1v) is 5.77. The van der Waals surface area contributed by atoms with E-state index in [2.05, 4.69) is 60.4 Å². The van der Waals surface area contributed by atoms with Gasteiger partial charge in [0.25, 0.3) is 0 Å². The van der Waals surface area contributed by atoms with Crippen LogP contribution in [0.4, 0.5) is 0 Å². The maximum atomic E-state index is 4.19. The fraction of sp³-hybridized carbons (Fsp3) is 0.462. The van der Waals surface area contributed by atoms with Crippen LogP contribution in [0.2, 0.25) is 0 Å². The summed E-state index contributed by atoms with van der Waals surface area (Å²) in [5, 5.41) is 12.0. The van der Waals surface area contributed by atoms with Crippen molar-refractivity contribution < 1.29 is 0 Å². The molecule has 90 valence electrons. The first-order chi connectivity index (χ1) is 7.95. The first kappa shape index (κ1) is 11.8. The van der Waals surface area contributed by atoms with Gasteiger partial charge in [-0.25, -0.2) is 0 Å². The molecule has 2 rings (SSSR count). The van der Waals surface area contributed by atoms with Gasteiger partial charge in [0.1, 0.15) is 0 Å². The van der Waals surface area contributed by atoms with Gasteiger partial charge in [0.2, 0.25) is 0 Å². The molecule has 0 aliphatic rings. The summed E-state index contributed by atoms with van der Waals surface area (Å²) in [5.74, 6) is 0.763. The smallest absolute Gasteiger partial charge is 0.167 e. The van der Waals surface area contributed by atoms with Crippen LogP contribution >= 0.6 is 0 Å². The largest absolute Gasteiger partial charge is 0.179 e. The molecule has 0 aliphatic heterocycles. The van der Waals surface area contributed by atoms with Gasteiger partial charge in [-0.05, 0) is 21.8 Å². The molecule has 0 atom stereocenters. The summed E-state index contributed by atoms with van der Waals surface area (Å²) in [4.78, 5) is 1.49. The van der Waals surface area contributed by atoms with Crippen LogP contribution in [0.5, 0.6) is 0 Å². The molecule has 17 heavy (non-hydrogen) atoms. The van der Waals surface area contributed by atoms with Crippen LogP contribution in [0, 0.1) is 0 Å². The van der Waals surface area contributed by atoms with E-state index >= 15 is 0 Å². The molecule has 4 heteroatoms. The Morgan fingerprint density at radius 1 is 1.24 bits per heavy atom. The maximum Gasteiger partial charge on any atom is 0.179 e. The number of hydrogen-bond donors (Lipinski definition) is 0. The van der Waals surface area contributed by atoms with Gasteiger partial charge in [-0.2, -0.15) is 4.80 Å². The average Bonchev–Trinajstić information content (AvgIpc) is 2.63. The molecule has 0 N–H and O–H groups in total. The zero-order valence-corrected chi connectivity index (χ0v) is 10.8. The van der Waals surface area contributed by atoms with Gasteiger partial charge in [0.05, 0.1) is 7.05 Å². The van der Waals surface area contributed by atoms with E-state index in [4.69, 9.17) is 0 Å². The van der Waals surface area contributed by atoms with Crippen LogP contribution in [0.1, 0.15) is 37.7 Å². The van der Waals surface area contributed by atoms with Crippen LogP contribution in [-0.4, -0.2) is 20.2 Å². The van der Waals surface area contributed by atoms with Crippen molar-refractivity contribution in [1.29, 1.82) is 0 Å². The van der Waals surface area contributed by atoms with Gasteiger partial charge in [-0.3, -0.25) is 0 Å². The van der Waals surface area contributed by atoms with Gasteiger partial charge < -0.3 is 0 Å². The van der Waals surface area contributed by atoms with Crippen molar-refractivity contribution in [2.45, 2.75) is 32.6 Å². The van der Waals surface area contributed by atoms with E-state index in [1.54, 1.807) is 7.05 Å². The zero-order valence-electron chi connectivity index (χ0n) is 10.8. The van der Waals surface area contributed by atoms with Crippen LogP contribution in [-0.2, 0) is 18.9 Å². The van der Waals surface area contributed by atoms with Crippen molar-refractivity contribution in [2.75, 3.05) is 0 Å². The third-order valence-corrected chi connectivity index (χ3v) is 2.70. The summed E-state index contributed by atoms with van der Waals surface area (Å²) >= 11 is 0. The van der Waals surface area contributed by atoms with Crippen molar-refractivity contribution in [3.8, 4) is 0 Å². The Hall–Kier alpha value is -1.71. The Morgan fingerprint density at radius 3 is 2.59 bits per heavy atom. The van der Waals surface area contributed by atoms with E-state index in [1.807, 2.05) is 0 Å². The quantitative estimate of drug-likeness (QED) is 0.793. The van der Waals surface area contributed by atoms with Gasteiger partial charge in [-0.1, -0.05) is 45.0 Å². The molecule has 0 fully saturated rings. The third-order valence-electron chi connectivity index (χ3n) is 2.70. The van der Waals surface area contributed by atoms with E-state index in [1.165, 1.54) is 15.9 Å². The molecule has 1 heterocycles. The Kier molecular flexibility index (Phi) is 2.96. The summed E-state index contributed by atoms with van der Waals surface area (Å²) in [6.07, 6.45) is 0.734. The Labute approximate surface area is 102 Å². The van der Waals surface area contributed by atoms with Crippen LogP contribution in [0.15, 0.2) is 24.3 Å². The molecule has 1 aromatic heterocycles.